The standard InChI is InChI=1S/C12H15BrO2/c1-3-9-5-4-6-10(7-9)8-11(13)12(14)15-2/h4-7,11H,3,8H2,1-2H3. The van der Waals surface area contributed by atoms with Crippen molar-refractivity contribution < 1.29 is 9.53 Å². The van der Waals surface area contributed by atoms with Gasteiger partial charge in [0.1, 0.15) is 4.83 Å². The summed E-state index contributed by atoms with van der Waals surface area (Å²) in [4.78, 5) is 10.9. The van der Waals surface area contributed by atoms with Crippen molar-refractivity contribution in [3.8, 4) is 0 Å². The van der Waals surface area contributed by atoms with Crippen LogP contribution in [0.2, 0.25) is 0 Å². The van der Waals surface area contributed by atoms with E-state index in [2.05, 4.69) is 39.7 Å². The van der Waals surface area contributed by atoms with Gasteiger partial charge in [0.2, 0.25) is 0 Å². The van der Waals surface area contributed by atoms with Crippen LogP contribution in [0.4, 0.5) is 0 Å². The minimum absolute atomic E-state index is 0.225. The zero-order valence-corrected chi connectivity index (χ0v) is 10.6. The van der Waals surface area contributed by atoms with Crippen LogP contribution in [0.25, 0.3) is 0 Å². The Morgan fingerprint density at radius 3 is 2.73 bits per heavy atom. The molecule has 1 atom stereocenters. The molecular formula is C12H15BrO2. The molecule has 2 nitrogen and oxygen atoms in total. The first-order valence-corrected chi connectivity index (χ1v) is 5.88. The second-order valence-electron chi connectivity index (χ2n) is 3.37. The van der Waals surface area contributed by atoms with Crippen LogP contribution in [0.5, 0.6) is 0 Å². The number of hydrogen-bond acceptors (Lipinski definition) is 2. The summed E-state index contributed by atoms with van der Waals surface area (Å²) in [5.74, 6) is -0.225. The highest BCUT2D eigenvalue weighted by atomic mass is 79.9. The summed E-state index contributed by atoms with van der Waals surface area (Å²) in [5.41, 5.74) is 2.44. The van der Waals surface area contributed by atoms with E-state index in [0.717, 1.165) is 12.0 Å². The third-order valence-electron chi connectivity index (χ3n) is 2.27. The van der Waals surface area contributed by atoms with Gasteiger partial charge in [-0.2, -0.15) is 0 Å². The van der Waals surface area contributed by atoms with Gasteiger partial charge in [-0.1, -0.05) is 47.1 Å². The number of benzene rings is 1. The van der Waals surface area contributed by atoms with Crippen molar-refractivity contribution in [2.45, 2.75) is 24.6 Å². The molecule has 0 spiro atoms. The Kier molecular flexibility index (Phi) is 4.82. The molecule has 0 amide bonds. The van der Waals surface area contributed by atoms with E-state index in [0.29, 0.717) is 6.42 Å². The van der Waals surface area contributed by atoms with Gasteiger partial charge in [-0.25, -0.2) is 0 Å². The second-order valence-corrected chi connectivity index (χ2v) is 4.47. The topological polar surface area (TPSA) is 26.3 Å². The molecule has 0 saturated carbocycles. The summed E-state index contributed by atoms with van der Waals surface area (Å²) in [6, 6.07) is 8.25. The number of carbonyl (C=O) groups is 1. The number of ether oxygens (including phenoxy) is 1. The highest BCUT2D eigenvalue weighted by molar-refractivity contribution is 9.10. The second kappa shape index (κ2) is 5.91. The molecule has 0 aliphatic heterocycles. The summed E-state index contributed by atoms with van der Waals surface area (Å²) in [5, 5.41) is 0. The number of methoxy groups -OCH3 is 1. The number of rotatable bonds is 4. The molecule has 1 unspecified atom stereocenters. The molecule has 0 fully saturated rings. The number of esters is 1. The Morgan fingerprint density at radius 2 is 2.13 bits per heavy atom. The van der Waals surface area contributed by atoms with Crippen molar-refractivity contribution >= 4 is 21.9 Å². The van der Waals surface area contributed by atoms with E-state index in [-0.39, 0.29) is 10.8 Å². The first kappa shape index (κ1) is 12.2. The molecule has 1 aromatic rings. The molecule has 0 aliphatic rings. The summed E-state index contributed by atoms with van der Waals surface area (Å²) in [6.07, 6.45) is 1.68. The van der Waals surface area contributed by atoms with Crippen molar-refractivity contribution in [2.75, 3.05) is 7.11 Å². The monoisotopic (exact) mass is 270 g/mol. The zero-order chi connectivity index (χ0) is 11.3. The maximum absolute atomic E-state index is 11.2. The lowest BCUT2D eigenvalue weighted by Crippen LogP contribution is -2.18. The van der Waals surface area contributed by atoms with Crippen molar-refractivity contribution in [1.29, 1.82) is 0 Å². The van der Waals surface area contributed by atoms with Crippen LogP contribution in [-0.2, 0) is 22.4 Å². The highest BCUT2D eigenvalue weighted by Gasteiger charge is 2.15. The molecule has 1 rings (SSSR count). The Labute approximate surface area is 98.8 Å². The smallest absolute Gasteiger partial charge is 0.319 e. The SMILES string of the molecule is CCc1cccc(CC(Br)C(=O)OC)c1. The quantitative estimate of drug-likeness (QED) is 0.621. The van der Waals surface area contributed by atoms with Crippen LogP contribution in [-0.4, -0.2) is 17.9 Å². The molecule has 3 heteroatoms. The lowest BCUT2D eigenvalue weighted by molar-refractivity contribution is -0.139. The van der Waals surface area contributed by atoms with Gasteiger partial charge in [0, 0.05) is 0 Å². The fraction of sp³-hybridized carbons (Fsp3) is 0.417. The number of halogens is 1. The van der Waals surface area contributed by atoms with Gasteiger partial charge in [0.05, 0.1) is 7.11 Å². The Hall–Kier alpha value is -0.830. The zero-order valence-electron chi connectivity index (χ0n) is 9.00. The van der Waals surface area contributed by atoms with Crippen LogP contribution >= 0.6 is 15.9 Å². The molecule has 0 aliphatic carbocycles. The fourth-order valence-electron chi connectivity index (χ4n) is 1.39. The fourth-order valence-corrected chi connectivity index (χ4v) is 1.96. The molecule has 0 N–H and O–H groups in total. The number of carbonyl (C=O) groups excluding carboxylic acids is 1. The third-order valence-corrected chi connectivity index (χ3v) is 2.97. The maximum atomic E-state index is 11.2. The van der Waals surface area contributed by atoms with Gasteiger partial charge in [-0.05, 0) is 24.0 Å². The van der Waals surface area contributed by atoms with Gasteiger partial charge in [-0.3, -0.25) is 4.79 Å². The van der Waals surface area contributed by atoms with Crippen molar-refractivity contribution in [3.63, 3.8) is 0 Å². The van der Waals surface area contributed by atoms with Crippen LogP contribution in [0.3, 0.4) is 0 Å². The van der Waals surface area contributed by atoms with E-state index < -0.39 is 0 Å². The van der Waals surface area contributed by atoms with Gasteiger partial charge < -0.3 is 4.74 Å². The van der Waals surface area contributed by atoms with Crippen molar-refractivity contribution in [1.82, 2.24) is 0 Å². The van der Waals surface area contributed by atoms with E-state index in [1.54, 1.807) is 0 Å². The van der Waals surface area contributed by atoms with Gasteiger partial charge in [0.25, 0.3) is 0 Å². The minimum Gasteiger partial charge on any atom is -0.468 e. The van der Waals surface area contributed by atoms with Gasteiger partial charge >= 0.3 is 5.97 Å². The molecule has 0 saturated heterocycles. The molecule has 82 valence electrons. The Balaban J connectivity index is 2.67. The van der Waals surface area contributed by atoms with Gasteiger partial charge in [0.15, 0.2) is 0 Å². The molecule has 0 radical (unpaired) electrons. The van der Waals surface area contributed by atoms with Crippen LogP contribution < -0.4 is 0 Å². The lowest BCUT2D eigenvalue weighted by atomic mass is 10.1. The number of alkyl halides is 1. The van der Waals surface area contributed by atoms with E-state index in [1.165, 1.54) is 12.7 Å². The largest absolute Gasteiger partial charge is 0.468 e. The number of aryl methyl sites for hydroxylation is 1. The lowest BCUT2D eigenvalue weighted by Gasteiger charge is -2.08. The van der Waals surface area contributed by atoms with E-state index in [4.69, 9.17) is 0 Å². The molecule has 0 bridgehead atoms. The van der Waals surface area contributed by atoms with Crippen LogP contribution in [0, 0.1) is 0 Å². The van der Waals surface area contributed by atoms with Crippen LogP contribution in [0.15, 0.2) is 24.3 Å². The van der Waals surface area contributed by atoms with Crippen LogP contribution in [0.1, 0.15) is 18.1 Å². The van der Waals surface area contributed by atoms with E-state index in [1.807, 2.05) is 12.1 Å². The maximum Gasteiger partial charge on any atom is 0.319 e. The summed E-state index contributed by atoms with van der Waals surface area (Å²) >= 11 is 3.31. The average molecular weight is 271 g/mol. The molecule has 15 heavy (non-hydrogen) atoms. The average Bonchev–Trinajstić information content (AvgIpc) is 2.28. The molecule has 1 aromatic carbocycles. The third kappa shape index (κ3) is 3.67. The number of hydrogen-bond donors (Lipinski definition) is 0. The summed E-state index contributed by atoms with van der Waals surface area (Å²) in [6.45, 7) is 2.12. The first-order valence-electron chi connectivity index (χ1n) is 4.97. The molecule has 0 heterocycles. The first-order chi connectivity index (χ1) is 7.17. The summed E-state index contributed by atoms with van der Waals surface area (Å²) in [7, 11) is 1.40. The normalized spacial score (nSPS) is 12.2. The van der Waals surface area contributed by atoms with E-state index in [9.17, 15) is 4.79 Å². The predicted octanol–water partition coefficient (Wildman–Crippen LogP) is 2.73. The predicted molar refractivity (Wildman–Crippen MR) is 64.3 cm³/mol. The Morgan fingerprint density at radius 1 is 1.47 bits per heavy atom. The molecular weight excluding hydrogens is 256 g/mol. The Bertz CT molecular complexity index is 336. The minimum atomic E-state index is -0.255. The van der Waals surface area contributed by atoms with Crippen molar-refractivity contribution in [3.05, 3.63) is 35.4 Å². The van der Waals surface area contributed by atoms with E-state index >= 15 is 0 Å². The van der Waals surface area contributed by atoms with Crippen molar-refractivity contribution in [2.24, 2.45) is 0 Å². The van der Waals surface area contributed by atoms with Gasteiger partial charge in [-0.15, -0.1) is 0 Å². The summed E-state index contributed by atoms with van der Waals surface area (Å²) < 4.78 is 4.65. The highest BCUT2D eigenvalue weighted by Crippen LogP contribution is 2.13. The molecule has 0 aromatic heterocycles.